The number of rotatable bonds is 2. The third-order valence-electron chi connectivity index (χ3n) is 3.57. The molecule has 0 aromatic heterocycles. The van der Waals surface area contributed by atoms with Crippen molar-refractivity contribution in [3.8, 4) is 0 Å². The van der Waals surface area contributed by atoms with Crippen molar-refractivity contribution in [3.05, 3.63) is 0 Å². The first kappa shape index (κ1) is 11.3. The molecule has 1 unspecified atom stereocenters. The average molecular weight is 226 g/mol. The topological polar surface area (TPSA) is 24.4 Å². The van der Waals surface area contributed by atoms with E-state index < -0.39 is 0 Å². The van der Waals surface area contributed by atoms with Gasteiger partial charge >= 0.3 is 0 Å². The number of amidine groups is 1. The maximum Gasteiger partial charge on any atom is 0.156 e. The molecule has 1 saturated carbocycles. The van der Waals surface area contributed by atoms with E-state index in [0.29, 0.717) is 11.5 Å². The van der Waals surface area contributed by atoms with Crippen molar-refractivity contribution in [1.82, 2.24) is 5.32 Å². The lowest BCUT2D eigenvalue weighted by Gasteiger charge is -2.25. The summed E-state index contributed by atoms with van der Waals surface area (Å²) in [4.78, 5) is 4.76. The fraction of sp³-hybridized carbons (Fsp3) is 0.917. The molecule has 0 radical (unpaired) electrons. The third-order valence-corrected chi connectivity index (χ3v) is 4.53. The van der Waals surface area contributed by atoms with Crippen LogP contribution < -0.4 is 5.32 Å². The molecule has 0 aromatic rings. The Balaban J connectivity index is 1.87. The van der Waals surface area contributed by atoms with Crippen LogP contribution in [0.5, 0.6) is 0 Å². The van der Waals surface area contributed by atoms with E-state index in [4.69, 9.17) is 4.99 Å². The smallest absolute Gasteiger partial charge is 0.156 e. The monoisotopic (exact) mass is 226 g/mol. The molecule has 1 saturated heterocycles. The van der Waals surface area contributed by atoms with Crippen molar-refractivity contribution in [3.63, 3.8) is 0 Å². The predicted molar refractivity (Wildman–Crippen MR) is 68.5 cm³/mol. The second-order valence-corrected chi connectivity index (χ2v) is 6.41. The van der Waals surface area contributed by atoms with Gasteiger partial charge in [0.2, 0.25) is 0 Å². The minimum atomic E-state index is 0.496. The van der Waals surface area contributed by atoms with E-state index >= 15 is 0 Å². The van der Waals surface area contributed by atoms with Crippen LogP contribution in [0, 0.1) is 5.41 Å². The Morgan fingerprint density at radius 2 is 2.20 bits per heavy atom. The van der Waals surface area contributed by atoms with Crippen LogP contribution in [0.15, 0.2) is 4.99 Å². The van der Waals surface area contributed by atoms with Crippen LogP contribution in [0.1, 0.15) is 46.0 Å². The van der Waals surface area contributed by atoms with Crippen LogP contribution in [-0.4, -0.2) is 23.5 Å². The first-order chi connectivity index (χ1) is 7.18. The summed E-state index contributed by atoms with van der Waals surface area (Å²) >= 11 is 1.89. The van der Waals surface area contributed by atoms with Gasteiger partial charge in [-0.05, 0) is 31.6 Å². The summed E-state index contributed by atoms with van der Waals surface area (Å²) in [5.41, 5.74) is 0.496. The fourth-order valence-electron chi connectivity index (χ4n) is 2.40. The van der Waals surface area contributed by atoms with Crippen LogP contribution in [0.4, 0.5) is 0 Å². The second-order valence-electron chi connectivity index (χ2n) is 5.32. The molecule has 2 fully saturated rings. The molecule has 1 aliphatic carbocycles. The van der Waals surface area contributed by atoms with Gasteiger partial charge in [-0.1, -0.05) is 31.5 Å². The zero-order valence-electron chi connectivity index (χ0n) is 9.88. The third kappa shape index (κ3) is 3.13. The fourth-order valence-corrected chi connectivity index (χ4v) is 3.50. The van der Waals surface area contributed by atoms with E-state index in [9.17, 15) is 0 Å². The van der Waals surface area contributed by atoms with Crippen LogP contribution in [0.2, 0.25) is 0 Å². The molecule has 0 amide bonds. The highest BCUT2D eigenvalue weighted by molar-refractivity contribution is 8.13. The summed E-state index contributed by atoms with van der Waals surface area (Å²) in [6.07, 6.45) is 6.80. The van der Waals surface area contributed by atoms with E-state index in [2.05, 4.69) is 19.2 Å². The molecule has 0 spiro atoms. The summed E-state index contributed by atoms with van der Waals surface area (Å²) in [5.74, 6) is 1.23. The molecule has 0 bridgehead atoms. The van der Waals surface area contributed by atoms with Crippen molar-refractivity contribution in [2.24, 2.45) is 10.4 Å². The Bertz CT molecular complexity index is 244. The zero-order chi connectivity index (χ0) is 10.7. The predicted octanol–water partition coefficient (Wildman–Crippen LogP) is 3.04. The number of nitrogens with zero attached hydrogens (tertiary/aromatic N) is 1. The summed E-state index contributed by atoms with van der Waals surface area (Å²) in [6, 6.07) is 0.612. The number of hydrogen-bond donors (Lipinski definition) is 1. The minimum absolute atomic E-state index is 0.496. The molecule has 86 valence electrons. The maximum atomic E-state index is 4.76. The molecule has 2 nitrogen and oxygen atoms in total. The highest BCUT2D eigenvalue weighted by Gasteiger charge is 2.28. The first-order valence-electron chi connectivity index (χ1n) is 6.12. The molecule has 1 heterocycles. The van der Waals surface area contributed by atoms with Crippen molar-refractivity contribution < 1.29 is 0 Å². The van der Waals surface area contributed by atoms with Crippen molar-refractivity contribution in [2.45, 2.75) is 52.0 Å². The summed E-state index contributed by atoms with van der Waals surface area (Å²) < 4.78 is 0. The number of aliphatic imine (C=N–C) groups is 1. The number of hydrogen-bond acceptors (Lipinski definition) is 2. The Morgan fingerprint density at radius 3 is 2.87 bits per heavy atom. The van der Waals surface area contributed by atoms with Crippen molar-refractivity contribution in [2.75, 3.05) is 12.3 Å². The second kappa shape index (κ2) is 4.77. The van der Waals surface area contributed by atoms with E-state index in [-0.39, 0.29) is 0 Å². The molecule has 3 heteroatoms. The van der Waals surface area contributed by atoms with Crippen LogP contribution in [-0.2, 0) is 0 Å². The van der Waals surface area contributed by atoms with Gasteiger partial charge in [0.25, 0.3) is 0 Å². The molecule has 2 aliphatic rings. The van der Waals surface area contributed by atoms with Gasteiger partial charge < -0.3 is 5.32 Å². The van der Waals surface area contributed by atoms with Gasteiger partial charge in [-0.2, -0.15) is 0 Å². The lowest BCUT2D eigenvalue weighted by Crippen LogP contribution is -2.36. The van der Waals surface area contributed by atoms with Gasteiger partial charge in [0.1, 0.15) is 0 Å². The van der Waals surface area contributed by atoms with E-state index in [1.807, 2.05) is 11.8 Å². The molecule has 15 heavy (non-hydrogen) atoms. The standard InChI is InChI=1S/C12H22N2S/c1-10-5-8-15-11(14-10)13-9-12(2)6-3-4-7-12/h10H,3-9H2,1-2H3,(H,13,14). The van der Waals surface area contributed by atoms with Gasteiger partial charge in [0, 0.05) is 18.3 Å². The summed E-state index contributed by atoms with van der Waals surface area (Å²) in [7, 11) is 0. The molecular formula is C12H22N2S. The van der Waals surface area contributed by atoms with Crippen LogP contribution >= 0.6 is 11.8 Å². The quantitative estimate of drug-likeness (QED) is 0.782. The lowest BCUT2D eigenvalue weighted by atomic mass is 9.89. The summed E-state index contributed by atoms with van der Waals surface area (Å²) in [6.45, 7) is 5.66. The molecule has 1 N–H and O–H groups in total. The molecular weight excluding hydrogens is 204 g/mol. The van der Waals surface area contributed by atoms with Crippen LogP contribution in [0.25, 0.3) is 0 Å². The number of thioether (sulfide) groups is 1. The Labute approximate surface area is 97.3 Å². The molecule has 1 aliphatic heterocycles. The largest absolute Gasteiger partial charge is 0.362 e. The van der Waals surface area contributed by atoms with Gasteiger partial charge in [-0.3, -0.25) is 4.99 Å². The Morgan fingerprint density at radius 1 is 1.47 bits per heavy atom. The maximum absolute atomic E-state index is 4.76. The molecule has 0 aromatic carbocycles. The van der Waals surface area contributed by atoms with Gasteiger partial charge in [0.05, 0.1) is 0 Å². The summed E-state index contributed by atoms with van der Waals surface area (Å²) in [5, 5.41) is 4.65. The SMILES string of the molecule is CC1CCSC(=NCC2(C)CCCC2)N1. The Hall–Kier alpha value is -0.180. The van der Waals surface area contributed by atoms with E-state index in [1.165, 1.54) is 43.0 Å². The van der Waals surface area contributed by atoms with E-state index in [1.54, 1.807) is 0 Å². The Kier molecular flexibility index (Phi) is 3.60. The first-order valence-corrected chi connectivity index (χ1v) is 7.10. The highest BCUT2D eigenvalue weighted by atomic mass is 32.2. The van der Waals surface area contributed by atoms with Gasteiger partial charge in [-0.15, -0.1) is 0 Å². The van der Waals surface area contributed by atoms with Crippen molar-refractivity contribution >= 4 is 16.9 Å². The lowest BCUT2D eigenvalue weighted by molar-refractivity contribution is 0.351. The normalized spacial score (nSPS) is 32.9. The van der Waals surface area contributed by atoms with Crippen molar-refractivity contribution in [1.29, 1.82) is 0 Å². The minimum Gasteiger partial charge on any atom is -0.362 e. The average Bonchev–Trinajstić information content (AvgIpc) is 2.63. The van der Waals surface area contributed by atoms with Crippen LogP contribution in [0.3, 0.4) is 0 Å². The highest BCUT2D eigenvalue weighted by Crippen LogP contribution is 2.37. The van der Waals surface area contributed by atoms with Gasteiger partial charge in [0.15, 0.2) is 5.17 Å². The molecule has 2 rings (SSSR count). The van der Waals surface area contributed by atoms with Gasteiger partial charge in [-0.25, -0.2) is 0 Å². The zero-order valence-corrected chi connectivity index (χ0v) is 10.7. The number of nitrogens with one attached hydrogen (secondary N) is 1. The van der Waals surface area contributed by atoms with E-state index in [0.717, 1.165) is 6.54 Å². The molecule has 1 atom stereocenters.